The average Bonchev–Trinajstić information content (AvgIpc) is 2.14. The van der Waals surface area contributed by atoms with Crippen molar-refractivity contribution >= 4 is 5.97 Å². The summed E-state index contributed by atoms with van der Waals surface area (Å²) in [6.45, 7) is 1.37. The van der Waals surface area contributed by atoms with Crippen molar-refractivity contribution in [3.05, 3.63) is 35.9 Å². The Bertz CT molecular complexity index is 304. The number of rotatable bonds is 3. The van der Waals surface area contributed by atoms with Crippen molar-refractivity contribution in [3.63, 3.8) is 0 Å². The Balaban J connectivity index is 1.79. The lowest BCUT2D eigenvalue weighted by molar-refractivity contribution is -0.164. The molecule has 74 valence electrons. The second-order valence-electron chi connectivity index (χ2n) is 3.33. The van der Waals surface area contributed by atoms with Gasteiger partial charge in [0.15, 0.2) is 0 Å². The Hall–Kier alpha value is -1.35. The summed E-state index contributed by atoms with van der Waals surface area (Å²) in [6, 6.07) is 9.66. The topological polar surface area (TPSA) is 35.5 Å². The molecule has 0 amide bonds. The van der Waals surface area contributed by atoms with E-state index in [2.05, 4.69) is 0 Å². The van der Waals surface area contributed by atoms with Gasteiger partial charge in [-0.1, -0.05) is 30.3 Å². The maximum absolute atomic E-state index is 11.3. The second kappa shape index (κ2) is 4.24. The van der Waals surface area contributed by atoms with Crippen molar-refractivity contribution < 1.29 is 14.3 Å². The fourth-order valence-electron chi connectivity index (χ4n) is 1.22. The summed E-state index contributed by atoms with van der Waals surface area (Å²) in [5, 5.41) is 0. The summed E-state index contributed by atoms with van der Waals surface area (Å²) >= 11 is 0. The first-order valence-electron chi connectivity index (χ1n) is 4.64. The van der Waals surface area contributed by atoms with Crippen LogP contribution in [-0.2, 0) is 20.9 Å². The molecule has 1 aromatic rings. The number of ether oxygens (including phenoxy) is 2. The maximum atomic E-state index is 11.3. The summed E-state index contributed by atoms with van der Waals surface area (Å²) in [7, 11) is 0. The number of hydrogen-bond donors (Lipinski definition) is 0. The summed E-state index contributed by atoms with van der Waals surface area (Å²) in [6.07, 6.45) is 0. The first-order valence-corrected chi connectivity index (χ1v) is 4.64. The molecule has 1 saturated heterocycles. The third-order valence-corrected chi connectivity index (χ3v) is 2.20. The van der Waals surface area contributed by atoms with Crippen LogP contribution in [0.4, 0.5) is 0 Å². The number of hydrogen-bond acceptors (Lipinski definition) is 3. The fraction of sp³-hybridized carbons (Fsp3) is 0.364. The van der Waals surface area contributed by atoms with Gasteiger partial charge < -0.3 is 9.47 Å². The minimum Gasteiger partial charge on any atom is -0.460 e. The van der Waals surface area contributed by atoms with Crippen LogP contribution < -0.4 is 0 Å². The number of carbonyl (C=O) groups is 1. The second-order valence-corrected chi connectivity index (χ2v) is 3.33. The fourth-order valence-corrected chi connectivity index (χ4v) is 1.22. The van der Waals surface area contributed by atoms with Gasteiger partial charge in [0.25, 0.3) is 0 Å². The van der Waals surface area contributed by atoms with Crippen LogP contribution in [-0.4, -0.2) is 19.2 Å². The molecule has 0 aliphatic carbocycles. The van der Waals surface area contributed by atoms with Crippen LogP contribution in [0.15, 0.2) is 30.3 Å². The lowest BCUT2D eigenvalue weighted by atomic mass is 10.1. The van der Waals surface area contributed by atoms with Crippen LogP contribution in [0.2, 0.25) is 0 Å². The minimum absolute atomic E-state index is 0.0429. The number of esters is 1. The van der Waals surface area contributed by atoms with E-state index in [1.54, 1.807) is 0 Å². The SMILES string of the molecule is O=C(OCc1ccccc1)C1COC1. The first kappa shape index (κ1) is 9.21. The van der Waals surface area contributed by atoms with Crippen molar-refractivity contribution in [2.75, 3.05) is 13.2 Å². The van der Waals surface area contributed by atoms with E-state index in [0.29, 0.717) is 19.8 Å². The zero-order chi connectivity index (χ0) is 9.80. The van der Waals surface area contributed by atoms with Crippen molar-refractivity contribution in [1.29, 1.82) is 0 Å². The van der Waals surface area contributed by atoms with E-state index in [-0.39, 0.29) is 11.9 Å². The van der Waals surface area contributed by atoms with Gasteiger partial charge in [0, 0.05) is 0 Å². The zero-order valence-corrected chi connectivity index (χ0v) is 7.81. The molecule has 0 spiro atoms. The van der Waals surface area contributed by atoms with Crippen LogP contribution in [0.5, 0.6) is 0 Å². The third-order valence-electron chi connectivity index (χ3n) is 2.20. The highest BCUT2D eigenvalue weighted by molar-refractivity contribution is 5.73. The van der Waals surface area contributed by atoms with Gasteiger partial charge in [-0.25, -0.2) is 0 Å². The van der Waals surface area contributed by atoms with Crippen molar-refractivity contribution in [2.24, 2.45) is 5.92 Å². The first-order chi connectivity index (χ1) is 6.86. The molecule has 0 radical (unpaired) electrons. The minimum atomic E-state index is -0.153. The highest BCUT2D eigenvalue weighted by Crippen LogP contribution is 2.12. The van der Waals surface area contributed by atoms with Gasteiger partial charge in [0.2, 0.25) is 0 Å². The van der Waals surface area contributed by atoms with Crippen LogP contribution in [0.25, 0.3) is 0 Å². The van der Waals surface area contributed by atoms with E-state index in [1.165, 1.54) is 0 Å². The van der Waals surface area contributed by atoms with Crippen molar-refractivity contribution in [3.8, 4) is 0 Å². The van der Waals surface area contributed by atoms with Gasteiger partial charge in [-0.05, 0) is 5.56 Å². The summed E-state index contributed by atoms with van der Waals surface area (Å²) in [5.41, 5.74) is 1.01. The molecule has 2 rings (SSSR count). The highest BCUT2D eigenvalue weighted by Gasteiger charge is 2.27. The Morgan fingerprint density at radius 1 is 1.36 bits per heavy atom. The predicted molar refractivity (Wildman–Crippen MR) is 50.5 cm³/mol. The Morgan fingerprint density at radius 2 is 2.07 bits per heavy atom. The van der Waals surface area contributed by atoms with Gasteiger partial charge in [-0.15, -0.1) is 0 Å². The lowest BCUT2D eigenvalue weighted by Crippen LogP contribution is -2.35. The Labute approximate surface area is 82.6 Å². The standard InChI is InChI=1S/C11H12O3/c12-11(10-7-13-8-10)14-6-9-4-2-1-3-5-9/h1-5,10H,6-8H2. The summed E-state index contributed by atoms with van der Waals surface area (Å²) < 4.78 is 10.0. The molecule has 0 aromatic heterocycles. The van der Waals surface area contributed by atoms with E-state index < -0.39 is 0 Å². The molecule has 0 saturated carbocycles. The Morgan fingerprint density at radius 3 is 2.64 bits per heavy atom. The van der Waals surface area contributed by atoms with Crippen LogP contribution in [0.3, 0.4) is 0 Å². The van der Waals surface area contributed by atoms with Gasteiger partial charge >= 0.3 is 5.97 Å². The molecule has 3 heteroatoms. The molecular weight excluding hydrogens is 180 g/mol. The highest BCUT2D eigenvalue weighted by atomic mass is 16.5. The quantitative estimate of drug-likeness (QED) is 0.678. The van der Waals surface area contributed by atoms with E-state index >= 15 is 0 Å². The van der Waals surface area contributed by atoms with Crippen LogP contribution in [0.1, 0.15) is 5.56 Å². The van der Waals surface area contributed by atoms with Crippen molar-refractivity contribution in [2.45, 2.75) is 6.61 Å². The zero-order valence-electron chi connectivity index (χ0n) is 7.81. The van der Waals surface area contributed by atoms with Crippen LogP contribution in [0, 0.1) is 5.92 Å². The maximum Gasteiger partial charge on any atom is 0.313 e. The third kappa shape index (κ3) is 2.12. The number of carbonyl (C=O) groups excluding carboxylic acids is 1. The van der Waals surface area contributed by atoms with Crippen LogP contribution >= 0.6 is 0 Å². The molecule has 14 heavy (non-hydrogen) atoms. The van der Waals surface area contributed by atoms with Gasteiger partial charge in [-0.3, -0.25) is 4.79 Å². The molecule has 1 fully saturated rings. The smallest absolute Gasteiger partial charge is 0.313 e. The number of benzene rings is 1. The normalized spacial score (nSPS) is 16.0. The van der Waals surface area contributed by atoms with Crippen molar-refractivity contribution in [1.82, 2.24) is 0 Å². The monoisotopic (exact) mass is 192 g/mol. The lowest BCUT2D eigenvalue weighted by Gasteiger charge is -2.23. The molecular formula is C11H12O3. The summed E-state index contributed by atoms with van der Waals surface area (Å²) in [5.74, 6) is -0.196. The average molecular weight is 192 g/mol. The van der Waals surface area contributed by atoms with E-state index in [1.807, 2.05) is 30.3 Å². The van der Waals surface area contributed by atoms with Gasteiger partial charge in [-0.2, -0.15) is 0 Å². The molecule has 0 unspecified atom stereocenters. The van der Waals surface area contributed by atoms with E-state index in [0.717, 1.165) is 5.56 Å². The van der Waals surface area contributed by atoms with E-state index in [9.17, 15) is 4.79 Å². The Kier molecular flexibility index (Phi) is 2.79. The molecule has 1 aromatic carbocycles. The largest absolute Gasteiger partial charge is 0.460 e. The van der Waals surface area contributed by atoms with Gasteiger partial charge in [0.05, 0.1) is 13.2 Å². The van der Waals surface area contributed by atoms with E-state index in [4.69, 9.17) is 9.47 Å². The summed E-state index contributed by atoms with van der Waals surface area (Å²) in [4.78, 5) is 11.3. The molecule has 1 aliphatic heterocycles. The molecule has 1 aliphatic rings. The van der Waals surface area contributed by atoms with Gasteiger partial charge in [0.1, 0.15) is 12.5 Å². The predicted octanol–water partition coefficient (Wildman–Crippen LogP) is 1.38. The molecule has 0 bridgehead atoms. The molecule has 1 heterocycles. The molecule has 0 atom stereocenters. The molecule has 3 nitrogen and oxygen atoms in total. The molecule has 0 N–H and O–H groups in total.